The van der Waals surface area contributed by atoms with E-state index in [9.17, 15) is 4.79 Å². The van der Waals surface area contributed by atoms with Crippen LogP contribution in [0.25, 0.3) is 0 Å². The third kappa shape index (κ3) is 6.64. The standard InChI is InChI=1S/C13H26N2O2/c1-2-5-11(14)10-13(16)15-8-9-17-12-6-3-4-7-12/h11-12H,2-10,14H2,1H3,(H,15,16). The molecule has 0 aromatic rings. The number of amides is 1. The average molecular weight is 242 g/mol. The van der Waals surface area contributed by atoms with E-state index >= 15 is 0 Å². The quantitative estimate of drug-likeness (QED) is 0.635. The van der Waals surface area contributed by atoms with Gasteiger partial charge in [0.05, 0.1) is 12.7 Å². The molecule has 0 bridgehead atoms. The fourth-order valence-corrected chi connectivity index (χ4v) is 2.25. The lowest BCUT2D eigenvalue weighted by molar-refractivity contribution is -0.121. The van der Waals surface area contributed by atoms with Crippen molar-refractivity contribution >= 4 is 5.91 Å². The van der Waals surface area contributed by atoms with Gasteiger partial charge in [0.25, 0.3) is 0 Å². The topological polar surface area (TPSA) is 64.4 Å². The number of hydrogen-bond donors (Lipinski definition) is 2. The Bertz CT molecular complexity index is 215. The van der Waals surface area contributed by atoms with E-state index in [1.54, 1.807) is 0 Å². The molecule has 4 nitrogen and oxygen atoms in total. The van der Waals surface area contributed by atoms with Crippen LogP contribution in [0.15, 0.2) is 0 Å². The summed E-state index contributed by atoms with van der Waals surface area (Å²) >= 11 is 0. The Morgan fingerprint density at radius 2 is 2.18 bits per heavy atom. The molecule has 1 unspecified atom stereocenters. The SMILES string of the molecule is CCCC(N)CC(=O)NCCOC1CCCC1. The van der Waals surface area contributed by atoms with Crippen LogP contribution in [0.1, 0.15) is 51.9 Å². The Kier molecular flexibility index (Phi) is 7.21. The zero-order chi connectivity index (χ0) is 12.5. The van der Waals surface area contributed by atoms with E-state index in [4.69, 9.17) is 10.5 Å². The second-order valence-electron chi connectivity index (χ2n) is 4.88. The second-order valence-corrected chi connectivity index (χ2v) is 4.88. The first-order valence-electron chi connectivity index (χ1n) is 6.86. The molecule has 0 aliphatic heterocycles. The van der Waals surface area contributed by atoms with Crippen molar-refractivity contribution in [2.75, 3.05) is 13.2 Å². The summed E-state index contributed by atoms with van der Waals surface area (Å²) in [5.41, 5.74) is 5.80. The van der Waals surface area contributed by atoms with Crippen LogP contribution < -0.4 is 11.1 Å². The van der Waals surface area contributed by atoms with Gasteiger partial charge in [-0.25, -0.2) is 0 Å². The maximum Gasteiger partial charge on any atom is 0.221 e. The van der Waals surface area contributed by atoms with Gasteiger partial charge in [-0.15, -0.1) is 0 Å². The van der Waals surface area contributed by atoms with Crippen molar-refractivity contribution in [2.24, 2.45) is 5.73 Å². The molecule has 1 aliphatic carbocycles. The third-order valence-electron chi connectivity index (χ3n) is 3.19. The summed E-state index contributed by atoms with van der Waals surface area (Å²) in [5.74, 6) is 0.0426. The van der Waals surface area contributed by atoms with Crippen molar-refractivity contribution in [3.05, 3.63) is 0 Å². The lowest BCUT2D eigenvalue weighted by atomic mass is 10.1. The van der Waals surface area contributed by atoms with Gasteiger partial charge in [0, 0.05) is 19.0 Å². The number of ether oxygens (including phenoxy) is 1. The van der Waals surface area contributed by atoms with E-state index in [1.165, 1.54) is 25.7 Å². The Morgan fingerprint density at radius 1 is 1.47 bits per heavy atom. The maximum atomic E-state index is 11.5. The first-order chi connectivity index (χ1) is 8.22. The maximum absolute atomic E-state index is 11.5. The minimum Gasteiger partial charge on any atom is -0.376 e. The summed E-state index contributed by atoms with van der Waals surface area (Å²) in [6.45, 7) is 3.31. The number of rotatable bonds is 8. The van der Waals surface area contributed by atoms with E-state index in [0.29, 0.717) is 25.7 Å². The van der Waals surface area contributed by atoms with Crippen molar-refractivity contribution in [3.8, 4) is 0 Å². The van der Waals surface area contributed by atoms with Crippen molar-refractivity contribution in [1.29, 1.82) is 0 Å². The van der Waals surface area contributed by atoms with Crippen LogP contribution in [0, 0.1) is 0 Å². The first kappa shape index (κ1) is 14.5. The number of carbonyl (C=O) groups excluding carboxylic acids is 1. The van der Waals surface area contributed by atoms with Gasteiger partial charge in [-0.3, -0.25) is 4.79 Å². The number of nitrogens with two attached hydrogens (primary N) is 1. The lowest BCUT2D eigenvalue weighted by Crippen LogP contribution is -2.33. The predicted octanol–water partition coefficient (Wildman–Crippen LogP) is 1.58. The predicted molar refractivity (Wildman–Crippen MR) is 68.7 cm³/mol. The van der Waals surface area contributed by atoms with Gasteiger partial charge in [-0.05, 0) is 19.3 Å². The van der Waals surface area contributed by atoms with Crippen LogP contribution in [0.5, 0.6) is 0 Å². The Balaban J connectivity index is 1.95. The summed E-state index contributed by atoms with van der Waals surface area (Å²) in [7, 11) is 0. The van der Waals surface area contributed by atoms with Crippen LogP contribution >= 0.6 is 0 Å². The van der Waals surface area contributed by atoms with Gasteiger partial charge >= 0.3 is 0 Å². The van der Waals surface area contributed by atoms with Gasteiger partial charge in [0.2, 0.25) is 5.91 Å². The molecule has 0 heterocycles. The summed E-state index contributed by atoms with van der Waals surface area (Å²) in [6.07, 6.45) is 7.70. The molecular weight excluding hydrogens is 216 g/mol. The molecule has 0 aromatic carbocycles. The molecule has 100 valence electrons. The van der Waals surface area contributed by atoms with Crippen molar-refractivity contribution in [3.63, 3.8) is 0 Å². The second kappa shape index (κ2) is 8.48. The van der Waals surface area contributed by atoms with Gasteiger partial charge < -0.3 is 15.8 Å². The molecule has 0 aromatic heterocycles. The van der Waals surface area contributed by atoms with Crippen molar-refractivity contribution in [1.82, 2.24) is 5.32 Å². The van der Waals surface area contributed by atoms with Crippen LogP contribution in [-0.4, -0.2) is 31.2 Å². The summed E-state index contributed by atoms with van der Waals surface area (Å²) in [4.78, 5) is 11.5. The molecule has 0 radical (unpaired) electrons. The molecule has 1 fully saturated rings. The fraction of sp³-hybridized carbons (Fsp3) is 0.923. The highest BCUT2D eigenvalue weighted by Crippen LogP contribution is 2.20. The van der Waals surface area contributed by atoms with Crippen LogP contribution in [0.4, 0.5) is 0 Å². The molecule has 1 aliphatic rings. The average Bonchev–Trinajstić information content (AvgIpc) is 2.77. The molecule has 1 amide bonds. The number of nitrogens with one attached hydrogen (secondary N) is 1. The van der Waals surface area contributed by atoms with Crippen LogP contribution in [-0.2, 0) is 9.53 Å². The molecule has 3 N–H and O–H groups in total. The van der Waals surface area contributed by atoms with E-state index in [0.717, 1.165) is 12.8 Å². The van der Waals surface area contributed by atoms with Crippen molar-refractivity contribution < 1.29 is 9.53 Å². The highest BCUT2D eigenvalue weighted by atomic mass is 16.5. The third-order valence-corrected chi connectivity index (χ3v) is 3.19. The fourth-order valence-electron chi connectivity index (χ4n) is 2.25. The van der Waals surface area contributed by atoms with Crippen LogP contribution in [0.3, 0.4) is 0 Å². The van der Waals surface area contributed by atoms with E-state index in [2.05, 4.69) is 12.2 Å². The first-order valence-corrected chi connectivity index (χ1v) is 6.86. The van der Waals surface area contributed by atoms with Gasteiger partial charge in [-0.1, -0.05) is 26.2 Å². The highest BCUT2D eigenvalue weighted by molar-refractivity contribution is 5.76. The van der Waals surface area contributed by atoms with Gasteiger partial charge in [-0.2, -0.15) is 0 Å². The van der Waals surface area contributed by atoms with Gasteiger partial charge in [0.1, 0.15) is 0 Å². The Morgan fingerprint density at radius 3 is 2.82 bits per heavy atom. The normalized spacial score (nSPS) is 18.2. The van der Waals surface area contributed by atoms with Crippen molar-refractivity contribution in [2.45, 2.75) is 64.0 Å². The van der Waals surface area contributed by atoms with E-state index in [-0.39, 0.29) is 11.9 Å². The molecule has 1 atom stereocenters. The van der Waals surface area contributed by atoms with E-state index in [1.807, 2.05) is 0 Å². The smallest absolute Gasteiger partial charge is 0.221 e. The van der Waals surface area contributed by atoms with Crippen LogP contribution in [0.2, 0.25) is 0 Å². The summed E-state index contributed by atoms with van der Waals surface area (Å²) < 4.78 is 5.66. The Hall–Kier alpha value is -0.610. The van der Waals surface area contributed by atoms with Gasteiger partial charge in [0.15, 0.2) is 0 Å². The molecule has 1 rings (SSSR count). The molecule has 4 heteroatoms. The highest BCUT2D eigenvalue weighted by Gasteiger charge is 2.15. The minimum absolute atomic E-state index is 0.00393. The molecule has 0 spiro atoms. The zero-order valence-corrected chi connectivity index (χ0v) is 10.9. The van der Waals surface area contributed by atoms with E-state index < -0.39 is 0 Å². The lowest BCUT2D eigenvalue weighted by Gasteiger charge is -2.13. The summed E-state index contributed by atoms with van der Waals surface area (Å²) in [5, 5.41) is 2.85. The Labute approximate surface area is 104 Å². The molecule has 17 heavy (non-hydrogen) atoms. The monoisotopic (exact) mass is 242 g/mol. The number of carbonyl (C=O) groups is 1. The summed E-state index contributed by atoms with van der Waals surface area (Å²) in [6, 6.07) is -0.00393. The molecule has 0 saturated heterocycles. The number of hydrogen-bond acceptors (Lipinski definition) is 3. The minimum atomic E-state index is -0.00393. The molecule has 1 saturated carbocycles. The molecular formula is C13H26N2O2. The largest absolute Gasteiger partial charge is 0.376 e. The zero-order valence-electron chi connectivity index (χ0n) is 10.9.